The van der Waals surface area contributed by atoms with Crippen LogP contribution in [0.1, 0.15) is 15.9 Å². The molecule has 0 atom stereocenters. The summed E-state index contributed by atoms with van der Waals surface area (Å²) in [5, 5.41) is 0. The van der Waals surface area contributed by atoms with Gasteiger partial charge in [-0.3, -0.25) is 14.8 Å². The van der Waals surface area contributed by atoms with Crippen molar-refractivity contribution in [3.8, 4) is 33.4 Å². The van der Waals surface area contributed by atoms with Crippen molar-refractivity contribution in [2.24, 2.45) is 0 Å². The molecule has 122 valence electrons. The molecule has 2 aromatic carbocycles. The summed E-state index contributed by atoms with van der Waals surface area (Å²) in [5.74, 6) is 0.0754. The Morgan fingerprint density at radius 2 is 1.04 bits per heavy atom. The van der Waals surface area contributed by atoms with Crippen LogP contribution in [0.15, 0.2) is 85.5 Å². The Morgan fingerprint density at radius 1 is 0.538 bits per heavy atom. The maximum absolute atomic E-state index is 13.0. The molecule has 0 radical (unpaired) electrons. The van der Waals surface area contributed by atoms with Gasteiger partial charge in [-0.2, -0.15) is 0 Å². The number of fused-ring (bicyclic) bond motifs is 3. The summed E-state index contributed by atoms with van der Waals surface area (Å²) in [6.45, 7) is 0. The molecular formula is C23H14N2O. The highest BCUT2D eigenvalue weighted by atomic mass is 16.1. The quantitative estimate of drug-likeness (QED) is 0.455. The Kier molecular flexibility index (Phi) is 3.25. The van der Waals surface area contributed by atoms with Gasteiger partial charge in [0.15, 0.2) is 5.78 Å². The molecule has 3 heteroatoms. The predicted molar refractivity (Wildman–Crippen MR) is 102 cm³/mol. The van der Waals surface area contributed by atoms with E-state index >= 15 is 0 Å². The molecule has 0 bridgehead atoms. The highest BCUT2D eigenvalue weighted by Gasteiger charge is 2.27. The van der Waals surface area contributed by atoms with Gasteiger partial charge in [0, 0.05) is 47.0 Å². The van der Waals surface area contributed by atoms with Gasteiger partial charge in [0.25, 0.3) is 0 Å². The summed E-state index contributed by atoms with van der Waals surface area (Å²) < 4.78 is 0. The summed E-state index contributed by atoms with van der Waals surface area (Å²) in [6, 6.07) is 19.9. The maximum Gasteiger partial charge on any atom is 0.194 e. The lowest BCUT2D eigenvalue weighted by atomic mass is 9.99. The van der Waals surface area contributed by atoms with Crippen molar-refractivity contribution in [2.75, 3.05) is 0 Å². The zero-order valence-corrected chi connectivity index (χ0v) is 13.9. The van der Waals surface area contributed by atoms with E-state index in [0.717, 1.165) is 44.5 Å². The number of rotatable bonds is 2. The van der Waals surface area contributed by atoms with Crippen molar-refractivity contribution in [1.29, 1.82) is 0 Å². The van der Waals surface area contributed by atoms with Gasteiger partial charge in [-0.25, -0.2) is 0 Å². The van der Waals surface area contributed by atoms with Gasteiger partial charge < -0.3 is 0 Å². The lowest BCUT2D eigenvalue weighted by molar-refractivity contribution is 0.104. The molecule has 0 aliphatic heterocycles. The predicted octanol–water partition coefficient (Wildman–Crippen LogP) is 5.02. The second-order valence-electron chi connectivity index (χ2n) is 6.33. The van der Waals surface area contributed by atoms with Crippen LogP contribution in [-0.2, 0) is 0 Å². The van der Waals surface area contributed by atoms with E-state index in [9.17, 15) is 4.79 Å². The van der Waals surface area contributed by atoms with Gasteiger partial charge in [0.05, 0.1) is 0 Å². The lowest BCUT2D eigenvalue weighted by Crippen LogP contribution is -1.96. The van der Waals surface area contributed by atoms with E-state index in [1.807, 2.05) is 73.1 Å². The Balaban J connectivity index is 1.61. The Morgan fingerprint density at radius 3 is 1.46 bits per heavy atom. The lowest BCUT2D eigenvalue weighted by Gasteiger charge is -2.05. The largest absolute Gasteiger partial charge is 0.289 e. The molecule has 0 saturated heterocycles. The van der Waals surface area contributed by atoms with Crippen LogP contribution in [0.25, 0.3) is 33.4 Å². The van der Waals surface area contributed by atoms with E-state index in [1.165, 1.54) is 0 Å². The van der Waals surface area contributed by atoms with E-state index in [1.54, 1.807) is 12.4 Å². The van der Waals surface area contributed by atoms with Crippen molar-refractivity contribution < 1.29 is 4.79 Å². The summed E-state index contributed by atoms with van der Waals surface area (Å²) in [7, 11) is 0. The third kappa shape index (κ3) is 2.25. The minimum Gasteiger partial charge on any atom is -0.289 e. The molecular weight excluding hydrogens is 320 g/mol. The Bertz CT molecular complexity index is 1040. The Hall–Kier alpha value is -3.59. The van der Waals surface area contributed by atoms with Crippen LogP contribution in [0.5, 0.6) is 0 Å². The number of carbonyl (C=O) groups excluding carboxylic acids is 1. The summed E-state index contributed by atoms with van der Waals surface area (Å²) in [4.78, 5) is 21.4. The highest BCUT2D eigenvalue weighted by molar-refractivity contribution is 6.22. The fourth-order valence-electron chi connectivity index (χ4n) is 3.51. The van der Waals surface area contributed by atoms with Crippen molar-refractivity contribution in [2.45, 2.75) is 0 Å². The fraction of sp³-hybridized carbons (Fsp3) is 0. The normalized spacial score (nSPS) is 11.9. The zero-order chi connectivity index (χ0) is 17.5. The van der Waals surface area contributed by atoms with E-state index in [0.29, 0.717) is 0 Å². The molecule has 4 aromatic rings. The molecule has 0 amide bonds. The average Bonchev–Trinajstić information content (AvgIpc) is 3.01. The van der Waals surface area contributed by atoms with E-state index in [-0.39, 0.29) is 5.78 Å². The molecule has 2 heterocycles. The van der Waals surface area contributed by atoms with Crippen LogP contribution in [0.2, 0.25) is 0 Å². The third-order valence-corrected chi connectivity index (χ3v) is 4.81. The number of nitrogens with zero attached hydrogens (tertiary/aromatic N) is 2. The molecule has 2 aromatic heterocycles. The monoisotopic (exact) mass is 334 g/mol. The standard InChI is InChI=1S/C23H14N2O/c26-23-21-11-15(17-3-1-9-24-13-17)5-7-19(21)20-8-6-16(12-22(20)23)18-4-2-10-25-14-18/h1-14H. The molecule has 0 saturated carbocycles. The van der Waals surface area contributed by atoms with E-state index < -0.39 is 0 Å². The first-order chi connectivity index (χ1) is 12.8. The smallest absolute Gasteiger partial charge is 0.194 e. The number of benzene rings is 2. The number of ketones is 1. The van der Waals surface area contributed by atoms with Gasteiger partial charge in [-0.1, -0.05) is 36.4 Å². The average molecular weight is 334 g/mol. The molecule has 1 aliphatic carbocycles. The van der Waals surface area contributed by atoms with E-state index in [4.69, 9.17) is 0 Å². The van der Waals surface area contributed by atoms with Crippen LogP contribution in [0.3, 0.4) is 0 Å². The second kappa shape index (κ2) is 5.74. The summed E-state index contributed by atoms with van der Waals surface area (Å²) in [5.41, 5.74) is 7.53. The van der Waals surface area contributed by atoms with Crippen molar-refractivity contribution in [3.05, 3.63) is 96.6 Å². The maximum atomic E-state index is 13.0. The molecule has 3 nitrogen and oxygen atoms in total. The molecule has 0 spiro atoms. The van der Waals surface area contributed by atoms with Crippen LogP contribution in [0.4, 0.5) is 0 Å². The van der Waals surface area contributed by atoms with Crippen LogP contribution in [0, 0.1) is 0 Å². The van der Waals surface area contributed by atoms with Gasteiger partial charge >= 0.3 is 0 Å². The van der Waals surface area contributed by atoms with Crippen molar-refractivity contribution in [1.82, 2.24) is 9.97 Å². The first-order valence-electron chi connectivity index (χ1n) is 8.45. The van der Waals surface area contributed by atoms with Gasteiger partial charge in [-0.05, 0) is 46.5 Å². The number of aromatic nitrogens is 2. The van der Waals surface area contributed by atoms with E-state index in [2.05, 4.69) is 9.97 Å². The first-order valence-corrected chi connectivity index (χ1v) is 8.45. The molecule has 26 heavy (non-hydrogen) atoms. The number of hydrogen-bond acceptors (Lipinski definition) is 3. The summed E-state index contributed by atoms with van der Waals surface area (Å²) >= 11 is 0. The topological polar surface area (TPSA) is 42.9 Å². The minimum absolute atomic E-state index is 0.0754. The molecule has 5 rings (SSSR count). The highest BCUT2D eigenvalue weighted by Crippen LogP contribution is 2.40. The van der Waals surface area contributed by atoms with Crippen molar-refractivity contribution in [3.63, 3.8) is 0 Å². The first kappa shape index (κ1) is 14.7. The van der Waals surface area contributed by atoms with Crippen LogP contribution >= 0.6 is 0 Å². The van der Waals surface area contributed by atoms with Crippen LogP contribution in [-0.4, -0.2) is 15.8 Å². The number of carbonyl (C=O) groups is 1. The van der Waals surface area contributed by atoms with Gasteiger partial charge in [0.2, 0.25) is 0 Å². The molecule has 1 aliphatic rings. The van der Waals surface area contributed by atoms with Gasteiger partial charge in [-0.15, -0.1) is 0 Å². The number of hydrogen-bond donors (Lipinski definition) is 0. The SMILES string of the molecule is O=C1c2cc(-c3cccnc3)ccc2-c2ccc(-c3cccnc3)cc21. The minimum atomic E-state index is 0.0754. The zero-order valence-electron chi connectivity index (χ0n) is 13.9. The van der Waals surface area contributed by atoms with Gasteiger partial charge in [0.1, 0.15) is 0 Å². The molecule has 0 N–H and O–H groups in total. The second-order valence-corrected chi connectivity index (χ2v) is 6.33. The summed E-state index contributed by atoms with van der Waals surface area (Å²) in [6.07, 6.45) is 7.12. The third-order valence-electron chi connectivity index (χ3n) is 4.81. The van der Waals surface area contributed by atoms with Crippen LogP contribution < -0.4 is 0 Å². The molecule has 0 unspecified atom stereocenters. The fourth-order valence-corrected chi connectivity index (χ4v) is 3.51. The number of pyridine rings is 2. The Labute approximate surface area is 151 Å². The molecule has 0 fully saturated rings. The van der Waals surface area contributed by atoms with Crippen molar-refractivity contribution >= 4 is 5.78 Å².